The van der Waals surface area contributed by atoms with E-state index in [4.69, 9.17) is 32.7 Å². The Morgan fingerprint density at radius 1 is 1.35 bits per heavy atom. The van der Waals surface area contributed by atoms with Crippen molar-refractivity contribution in [1.29, 1.82) is 0 Å². The summed E-state index contributed by atoms with van der Waals surface area (Å²) in [6.07, 6.45) is 1.53. The van der Waals surface area contributed by atoms with E-state index in [9.17, 15) is 4.39 Å². The average molecular weight is 355 g/mol. The zero-order valence-corrected chi connectivity index (χ0v) is 13.8. The molecule has 0 saturated heterocycles. The van der Waals surface area contributed by atoms with Gasteiger partial charge in [-0.15, -0.1) is 5.10 Å². The molecule has 3 aromatic rings. The van der Waals surface area contributed by atoms with Crippen molar-refractivity contribution in [3.63, 3.8) is 0 Å². The second-order valence-electron chi connectivity index (χ2n) is 5.14. The van der Waals surface area contributed by atoms with Crippen molar-refractivity contribution in [2.75, 3.05) is 7.05 Å². The number of nitrogens with one attached hydrogen (secondary N) is 1. The van der Waals surface area contributed by atoms with Gasteiger partial charge in [-0.1, -0.05) is 17.7 Å². The average Bonchev–Trinajstić information content (AvgIpc) is 3.14. The van der Waals surface area contributed by atoms with Gasteiger partial charge in [0.05, 0.1) is 23.9 Å². The summed E-state index contributed by atoms with van der Waals surface area (Å²) in [6.45, 7) is 0.809. The van der Waals surface area contributed by atoms with Gasteiger partial charge >= 0.3 is 0 Å². The minimum Gasteiger partial charge on any atom is -0.459 e. The molecule has 23 heavy (non-hydrogen) atoms. The summed E-state index contributed by atoms with van der Waals surface area (Å²) in [5.74, 6) is 0.498. The summed E-state index contributed by atoms with van der Waals surface area (Å²) in [4.78, 5) is 1.18. The normalized spacial score (nSPS) is 12.5. The largest absolute Gasteiger partial charge is 0.459 e. The van der Waals surface area contributed by atoms with Crippen LogP contribution in [0.1, 0.15) is 5.56 Å². The molecule has 8 heteroatoms. The Morgan fingerprint density at radius 2 is 2.17 bits per heavy atom. The number of halogens is 2. The zero-order chi connectivity index (χ0) is 16.4. The van der Waals surface area contributed by atoms with Crippen LogP contribution in [-0.4, -0.2) is 16.8 Å². The number of furan rings is 1. The van der Waals surface area contributed by atoms with Crippen LogP contribution in [0, 0.1) is 10.7 Å². The van der Waals surface area contributed by atoms with E-state index in [1.54, 1.807) is 24.3 Å². The first-order chi connectivity index (χ1) is 11.0. The van der Waals surface area contributed by atoms with Gasteiger partial charge < -0.3 is 13.7 Å². The molecular formula is C15H14ClFN3O2S+. The predicted molar refractivity (Wildman–Crippen MR) is 85.0 cm³/mol. The van der Waals surface area contributed by atoms with Crippen LogP contribution in [0.2, 0.25) is 5.02 Å². The van der Waals surface area contributed by atoms with Crippen molar-refractivity contribution in [2.24, 2.45) is 0 Å². The SMILES string of the molecule is C[NH+](Cc1c(F)cccc1Cl)Cn1nc(-c2ccco2)oc1=S. The van der Waals surface area contributed by atoms with E-state index in [-0.39, 0.29) is 10.7 Å². The van der Waals surface area contributed by atoms with Crippen molar-refractivity contribution >= 4 is 23.8 Å². The maximum absolute atomic E-state index is 13.8. The highest BCUT2D eigenvalue weighted by Crippen LogP contribution is 2.18. The van der Waals surface area contributed by atoms with E-state index < -0.39 is 0 Å². The monoisotopic (exact) mass is 354 g/mol. The number of aromatic nitrogens is 2. The smallest absolute Gasteiger partial charge is 0.292 e. The Hall–Kier alpha value is -1.96. The van der Waals surface area contributed by atoms with Gasteiger partial charge in [0.15, 0.2) is 12.4 Å². The summed E-state index contributed by atoms with van der Waals surface area (Å²) in [6, 6.07) is 8.13. The first-order valence-electron chi connectivity index (χ1n) is 6.90. The highest BCUT2D eigenvalue weighted by atomic mass is 35.5. The van der Waals surface area contributed by atoms with Gasteiger partial charge in [-0.25, -0.2) is 4.39 Å². The third-order valence-corrected chi connectivity index (χ3v) is 3.95. The Morgan fingerprint density at radius 3 is 2.87 bits per heavy atom. The number of benzene rings is 1. The third kappa shape index (κ3) is 3.52. The van der Waals surface area contributed by atoms with E-state index >= 15 is 0 Å². The molecule has 1 N–H and O–H groups in total. The molecule has 5 nitrogen and oxygen atoms in total. The van der Waals surface area contributed by atoms with Crippen molar-refractivity contribution < 1.29 is 18.1 Å². The second-order valence-corrected chi connectivity index (χ2v) is 5.90. The highest BCUT2D eigenvalue weighted by molar-refractivity contribution is 7.71. The summed E-state index contributed by atoms with van der Waals surface area (Å²) in [5.41, 5.74) is 0.466. The second kappa shape index (κ2) is 6.66. The first kappa shape index (κ1) is 15.9. The Balaban J connectivity index is 1.76. The Labute approximate surface area is 141 Å². The Bertz CT molecular complexity index is 840. The number of quaternary nitrogens is 1. The fourth-order valence-electron chi connectivity index (χ4n) is 2.22. The van der Waals surface area contributed by atoms with Crippen LogP contribution in [-0.2, 0) is 13.2 Å². The van der Waals surface area contributed by atoms with E-state index in [2.05, 4.69) is 5.10 Å². The fraction of sp³-hybridized carbons (Fsp3) is 0.200. The maximum atomic E-state index is 13.8. The molecule has 0 saturated carbocycles. The maximum Gasteiger partial charge on any atom is 0.292 e. The Kier molecular flexibility index (Phi) is 4.61. The first-order valence-corrected chi connectivity index (χ1v) is 7.69. The minimum absolute atomic E-state index is 0.232. The van der Waals surface area contributed by atoms with Gasteiger partial charge in [-0.2, -0.15) is 4.68 Å². The molecule has 0 aliphatic rings. The van der Waals surface area contributed by atoms with Crippen LogP contribution in [0.4, 0.5) is 4.39 Å². The van der Waals surface area contributed by atoms with Gasteiger partial charge in [-0.3, -0.25) is 0 Å². The van der Waals surface area contributed by atoms with Crippen LogP contribution in [0.3, 0.4) is 0 Å². The number of hydrogen-bond donors (Lipinski definition) is 1. The van der Waals surface area contributed by atoms with Crippen LogP contribution >= 0.6 is 23.8 Å². The topological polar surface area (TPSA) is 48.5 Å². The molecule has 0 amide bonds. The van der Waals surface area contributed by atoms with Gasteiger partial charge in [0.2, 0.25) is 0 Å². The summed E-state index contributed by atoms with van der Waals surface area (Å²) in [7, 11) is 1.89. The van der Waals surface area contributed by atoms with Crippen molar-refractivity contribution in [1.82, 2.24) is 9.78 Å². The predicted octanol–water partition coefficient (Wildman–Crippen LogP) is 2.93. The number of rotatable bonds is 5. The lowest BCUT2D eigenvalue weighted by atomic mass is 10.2. The van der Waals surface area contributed by atoms with Gasteiger partial charge in [0.1, 0.15) is 12.4 Å². The molecule has 1 atom stereocenters. The molecule has 1 aromatic carbocycles. The van der Waals surface area contributed by atoms with E-state index in [0.29, 0.717) is 35.5 Å². The van der Waals surface area contributed by atoms with Crippen LogP contribution in [0.5, 0.6) is 0 Å². The number of hydrogen-bond acceptors (Lipinski definition) is 4. The molecule has 0 aliphatic carbocycles. The van der Waals surface area contributed by atoms with Gasteiger partial charge in [-0.05, 0) is 36.5 Å². The standard InChI is InChI=1S/C15H13ClFN3O2S/c1-19(8-10-11(16)4-2-5-12(10)17)9-20-15(23)22-14(18-20)13-6-3-7-21-13/h2-7H,8-9H2,1H3/p+1. The van der Waals surface area contributed by atoms with Crippen LogP contribution in [0.25, 0.3) is 11.7 Å². The lowest BCUT2D eigenvalue weighted by molar-refractivity contribution is -0.917. The molecular weight excluding hydrogens is 341 g/mol. The fourth-order valence-corrected chi connectivity index (χ4v) is 2.63. The van der Waals surface area contributed by atoms with E-state index in [1.165, 1.54) is 17.0 Å². The molecule has 0 bridgehead atoms. The summed E-state index contributed by atoms with van der Waals surface area (Å²) >= 11 is 11.2. The summed E-state index contributed by atoms with van der Waals surface area (Å²) in [5, 5.41) is 4.69. The molecule has 120 valence electrons. The zero-order valence-electron chi connectivity index (χ0n) is 12.3. The lowest BCUT2D eigenvalue weighted by Gasteiger charge is -2.14. The molecule has 2 aromatic heterocycles. The molecule has 0 aliphatic heterocycles. The molecule has 0 fully saturated rings. The quantitative estimate of drug-likeness (QED) is 0.716. The van der Waals surface area contributed by atoms with Crippen LogP contribution in [0.15, 0.2) is 45.4 Å². The highest BCUT2D eigenvalue weighted by Gasteiger charge is 2.16. The molecule has 1 unspecified atom stereocenters. The molecule has 2 heterocycles. The van der Waals surface area contributed by atoms with Crippen molar-refractivity contribution in [3.8, 4) is 11.7 Å². The van der Waals surface area contributed by atoms with Crippen molar-refractivity contribution in [3.05, 3.63) is 57.8 Å². The lowest BCUT2D eigenvalue weighted by Crippen LogP contribution is -3.07. The van der Waals surface area contributed by atoms with E-state index in [0.717, 1.165) is 4.90 Å². The third-order valence-electron chi connectivity index (χ3n) is 3.30. The summed E-state index contributed by atoms with van der Waals surface area (Å²) < 4.78 is 26.0. The molecule has 0 spiro atoms. The minimum atomic E-state index is -0.322. The molecule has 0 radical (unpaired) electrons. The van der Waals surface area contributed by atoms with Crippen LogP contribution < -0.4 is 4.90 Å². The van der Waals surface area contributed by atoms with Gasteiger partial charge in [0, 0.05) is 0 Å². The van der Waals surface area contributed by atoms with Gasteiger partial charge in [0.25, 0.3) is 10.7 Å². The number of nitrogens with zero attached hydrogens (tertiary/aromatic N) is 2. The van der Waals surface area contributed by atoms with Crippen molar-refractivity contribution in [2.45, 2.75) is 13.2 Å². The van der Waals surface area contributed by atoms with E-state index in [1.807, 2.05) is 7.05 Å². The molecule has 3 rings (SSSR count).